The van der Waals surface area contributed by atoms with Crippen LogP contribution in [0.4, 0.5) is 0 Å². The number of rotatable bonds is 13. The number of ether oxygens (including phenoxy) is 3. The number of fused-ring (bicyclic) bond motifs is 1. The molecule has 0 unspecified atom stereocenters. The van der Waals surface area contributed by atoms with Crippen molar-refractivity contribution in [2.75, 3.05) is 13.4 Å². The number of hydrogen-bond acceptors (Lipinski definition) is 5. The first kappa shape index (κ1) is 29.5. The van der Waals surface area contributed by atoms with Crippen LogP contribution in [-0.4, -0.2) is 27.9 Å². The van der Waals surface area contributed by atoms with E-state index in [0.29, 0.717) is 6.61 Å². The van der Waals surface area contributed by atoms with Gasteiger partial charge in [-0.1, -0.05) is 91.7 Å². The Bertz CT molecular complexity index is 1680. The summed E-state index contributed by atoms with van der Waals surface area (Å²) in [4.78, 5) is 7.86. The van der Waals surface area contributed by atoms with Crippen molar-refractivity contribution in [2.45, 2.75) is 59.8 Å². The van der Waals surface area contributed by atoms with Crippen LogP contribution in [0.2, 0.25) is 0 Å². The van der Waals surface area contributed by atoms with Crippen LogP contribution in [-0.2, 0) is 26.2 Å². The van der Waals surface area contributed by atoms with Crippen molar-refractivity contribution in [1.82, 2.24) is 14.5 Å². The van der Waals surface area contributed by atoms with Gasteiger partial charge in [-0.3, -0.25) is 4.90 Å². The summed E-state index contributed by atoms with van der Waals surface area (Å²) in [6.07, 6.45) is 2.19. The second-order valence-electron chi connectivity index (χ2n) is 11.4. The molecule has 6 nitrogen and oxygen atoms in total. The van der Waals surface area contributed by atoms with Gasteiger partial charge < -0.3 is 18.8 Å². The van der Waals surface area contributed by atoms with Gasteiger partial charge in [0.1, 0.15) is 11.6 Å². The fourth-order valence-electron chi connectivity index (χ4n) is 5.79. The number of benzene rings is 4. The van der Waals surface area contributed by atoms with Gasteiger partial charge in [-0.25, -0.2) is 4.98 Å². The van der Waals surface area contributed by atoms with E-state index in [4.69, 9.17) is 19.2 Å². The van der Waals surface area contributed by atoms with Crippen molar-refractivity contribution >= 4 is 0 Å². The summed E-state index contributed by atoms with van der Waals surface area (Å²) in [5, 5.41) is 0. The zero-order valence-corrected chi connectivity index (χ0v) is 26.0. The predicted octanol–water partition coefficient (Wildman–Crippen LogP) is 8.66. The van der Waals surface area contributed by atoms with Crippen molar-refractivity contribution in [3.8, 4) is 39.9 Å². The Labute approximate surface area is 260 Å². The highest BCUT2D eigenvalue weighted by Gasteiger charge is 2.23. The van der Waals surface area contributed by atoms with Gasteiger partial charge in [-0.15, -0.1) is 0 Å². The number of aromatic nitrogens is 2. The SMILES string of the molecule is CCCCn1c(-c2ccccc2)nc(-c2ccc(C)cc2)c1CN(Cc1cccc(OCC)c1)Cc1ccc2c(c1)OCO2. The van der Waals surface area contributed by atoms with Gasteiger partial charge in [-0.2, -0.15) is 0 Å². The van der Waals surface area contributed by atoms with Crippen LogP contribution in [0.5, 0.6) is 17.2 Å². The average molecular weight is 588 g/mol. The van der Waals surface area contributed by atoms with Crippen molar-refractivity contribution in [3.63, 3.8) is 0 Å². The van der Waals surface area contributed by atoms with Gasteiger partial charge >= 0.3 is 0 Å². The lowest BCUT2D eigenvalue weighted by Gasteiger charge is -2.25. The Morgan fingerprint density at radius 1 is 0.773 bits per heavy atom. The summed E-state index contributed by atoms with van der Waals surface area (Å²) < 4.78 is 19.6. The molecule has 0 spiro atoms. The molecule has 0 fully saturated rings. The monoisotopic (exact) mass is 587 g/mol. The van der Waals surface area contributed by atoms with Gasteiger partial charge in [0.2, 0.25) is 6.79 Å². The topological polar surface area (TPSA) is 48.8 Å². The molecule has 0 saturated carbocycles. The highest BCUT2D eigenvalue weighted by Crippen LogP contribution is 2.35. The van der Waals surface area contributed by atoms with Crippen molar-refractivity contribution < 1.29 is 14.2 Å². The number of nitrogens with zero attached hydrogens (tertiary/aromatic N) is 3. The molecular weight excluding hydrogens is 546 g/mol. The van der Waals surface area contributed by atoms with Crippen LogP contribution in [0.3, 0.4) is 0 Å². The van der Waals surface area contributed by atoms with E-state index in [1.54, 1.807) is 0 Å². The third-order valence-electron chi connectivity index (χ3n) is 8.00. The lowest BCUT2D eigenvalue weighted by molar-refractivity contribution is 0.174. The summed E-state index contributed by atoms with van der Waals surface area (Å²) in [7, 11) is 0. The molecule has 6 rings (SSSR count). The first-order valence-corrected chi connectivity index (χ1v) is 15.7. The summed E-state index contributed by atoms with van der Waals surface area (Å²) in [5.41, 5.74) is 8.16. The van der Waals surface area contributed by atoms with Gasteiger partial charge in [-0.05, 0) is 55.7 Å². The molecule has 0 N–H and O–H groups in total. The molecule has 0 atom stereocenters. The Balaban J connectivity index is 1.44. The molecule has 4 aromatic carbocycles. The molecule has 2 heterocycles. The zero-order chi connectivity index (χ0) is 30.3. The number of aryl methyl sites for hydroxylation is 1. The molecule has 1 aliphatic heterocycles. The Morgan fingerprint density at radius 2 is 1.55 bits per heavy atom. The minimum atomic E-state index is 0.269. The summed E-state index contributed by atoms with van der Waals surface area (Å²) in [6, 6.07) is 34.0. The highest BCUT2D eigenvalue weighted by atomic mass is 16.7. The molecule has 0 aliphatic carbocycles. The summed E-state index contributed by atoms with van der Waals surface area (Å²) in [6.45, 7) is 10.4. The Hall–Kier alpha value is -4.55. The number of hydrogen-bond donors (Lipinski definition) is 0. The Morgan fingerprint density at radius 3 is 2.32 bits per heavy atom. The van der Waals surface area contributed by atoms with E-state index in [9.17, 15) is 0 Å². The van der Waals surface area contributed by atoms with Gasteiger partial charge in [0.15, 0.2) is 11.5 Å². The van der Waals surface area contributed by atoms with Crippen molar-refractivity contribution in [1.29, 1.82) is 0 Å². The lowest BCUT2D eigenvalue weighted by Crippen LogP contribution is -2.24. The summed E-state index contributed by atoms with van der Waals surface area (Å²) >= 11 is 0. The van der Waals surface area contributed by atoms with Crippen LogP contribution in [0.25, 0.3) is 22.6 Å². The van der Waals surface area contributed by atoms with Crippen molar-refractivity contribution in [2.24, 2.45) is 0 Å². The van der Waals surface area contributed by atoms with Crippen LogP contribution < -0.4 is 14.2 Å². The van der Waals surface area contributed by atoms with E-state index in [2.05, 4.69) is 108 Å². The van der Waals surface area contributed by atoms with E-state index in [1.165, 1.54) is 22.4 Å². The molecule has 5 aromatic rings. The van der Waals surface area contributed by atoms with E-state index in [1.807, 2.05) is 19.1 Å². The van der Waals surface area contributed by atoms with Crippen LogP contribution >= 0.6 is 0 Å². The van der Waals surface area contributed by atoms with E-state index in [0.717, 1.165) is 78.9 Å². The lowest BCUT2D eigenvalue weighted by atomic mass is 10.1. The quantitative estimate of drug-likeness (QED) is 0.138. The smallest absolute Gasteiger partial charge is 0.231 e. The van der Waals surface area contributed by atoms with Gasteiger partial charge in [0.25, 0.3) is 0 Å². The molecule has 1 aliphatic rings. The van der Waals surface area contributed by atoms with E-state index < -0.39 is 0 Å². The minimum Gasteiger partial charge on any atom is -0.494 e. The molecule has 44 heavy (non-hydrogen) atoms. The molecule has 1 aromatic heterocycles. The fraction of sp³-hybridized carbons (Fsp3) is 0.289. The first-order valence-electron chi connectivity index (χ1n) is 15.7. The number of unbranched alkanes of at least 4 members (excludes halogenated alkanes) is 1. The third kappa shape index (κ3) is 6.81. The third-order valence-corrected chi connectivity index (χ3v) is 8.00. The second kappa shape index (κ2) is 13.8. The van der Waals surface area contributed by atoms with E-state index >= 15 is 0 Å². The van der Waals surface area contributed by atoms with Crippen LogP contribution in [0.1, 0.15) is 49.1 Å². The maximum absolute atomic E-state index is 5.85. The van der Waals surface area contributed by atoms with Crippen molar-refractivity contribution in [3.05, 3.63) is 119 Å². The molecule has 0 saturated heterocycles. The molecule has 226 valence electrons. The normalized spacial score (nSPS) is 12.2. The first-order chi connectivity index (χ1) is 21.6. The summed E-state index contributed by atoms with van der Waals surface area (Å²) in [5.74, 6) is 3.52. The second-order valence-corrected chi connectivity index (χ2v) is 11.4. The molecular formula is C38H41N3O3. The van der Waals surface area contributed by atoms with Gasteiger partial charge in [0, 0.05) is 37.3 Å². The maximum atomic E-state index is 5.85. The van der Waals surface area contributed by atoms with E-state index in [-0.39, 0.29) is 6.79 Å². The zero-order valence-electron chi connectivity index (χ0n) is 26.0. The van der Waals surface area contributed by atoms with Crippen LogP contribution in [0.15, 0.2) is 97.1 Å². The minimum absolute atomic E-state index is 0.269. The Kier molecular flexibility index (Phi) is 9.28. The molecule has 0 radical (unpaired) electrons. The van der Waals surface area contributed by atoms with Crippen LogP contribution in [0, 0.1) is 6.92 Å². The standard InChI is InChI=1S/C38H41N3O3/c1-4-6-21-41-34(37(31-18-15-28(3)16-19-31)39-38(41)32-12-8-7-9-13-32)26-40(24-29-11-10-14-33(22-29)42-5-2)25-30-17-20-35-36(23-30)44-27-43-35/h7-20,22-23H,4-6,21,24-27H2,1-3H3. The largest absolute Gasteiger partial charge is 0.494 e. The number of imidazole rings is 1. The van der Waals surface area contributed by atoms with Gasteiger partial charge in [0.05, 0.1) is 18.0 Å². The predicted molar refractivity (Wildman–Crippen MR) is 176 cm³/mol. The maximum Gasteiger partial charge on any atom is 0.231 e. The highest BCUT2D eigenvalue weighted by molar-refractivity contribution is 5.68. The molecule has 6 heteroatoms. The fourth-order valence-corrected chi connectivity index (χ4v) is 5.79. The molecule has 0 bridgehead atoms. The molecule has 0 amide bonds. The average Bonchev–Trinajstić information content (AvgIpc) is 3.65.